The van der Waals surface area contributed by atoms with Crippen LogP contribution in [0.4, 0.5) is 5.82 Å². The third-order valence-electron chi connectivity index (χ3n) is 2.99. The lowest BCUT2D eigenvalue weighted by atomic mass is 10.1. The molecule has 0 radical (unpaired) electrons. The molecule has 4 heteroatoms. The fourth-order valence-corrected chi connectivity index (χ4v) is 2.45. The zero-order valence-electron chi connectivity index (χ0n) is 12.0. The molecule has 0 aliphatic rings. The lowest BCUT2D eigenvalue weighted by Crippen LogP contribution is -2.02. The van der Waals surface area contributed by atoms with Crippen LogP contribution in [0, 0.1) is 13.8 Å². The first-order valence-corrected chi connectivity index (χ1v) is 7.06. The maximum absolute atomic E-state index is 6.02. The molecule has 1 aromatic heterocycles. The van der Waals surface area contributed by atoms with Crippen molar-refractivity contribution < 1.29 is 4.74 Å². The number of nitrogens with one attached hydrogen (secondary N) is 1. The summed E-state index contributed by atoms with van der Waals surface area (Å²) in [7, 11) is 0. The summed E-state index contributed by atoms with van der Waals surface area (Å²) in [6, 6.07) is 7.80. The van der Waals surface area contributed by atoms with Crippen molar-refractivity contribution in [3.8, 4) is 5.75 Å². The lowest BCUT2D eigenvalue weighted by Gasteiger charge is -2.13. The molecule has 0 saturated carbocycles. The van der Waals surface area contributed by atoms with Crippen molar-refractivity contribution in [2.75, 3.05) is 11.9 Å². The zero-order chi connectivity index (χ0) is 14.5. The molecule has 0 spiro atoms. The normalized spacial score (nSPS) is 10.4. The molecule has 1 heterocycles. The number of halogens is 1. The Morgan fingerprint density at radius 3 is 2.55 bits per heavy atom. The highest BCUT2D eigenvalue weighted by Gasteiger charge is 2.06. The van der Waals surface area contributed by atoms with Gasteiger partial charge >= 0.3 is 0 Å². The molecule has 0 fully saturated rings. The van der Waals surface area contributed by atoms with Crippen LogP contribution in [0.5, 0.6) is 5.75 Å². The van der Waals surface area contributed by atoms with Gasteiger partial charge < -0.3 is 10.1 Å². The minimum atomic E-state index is 0.518. The number of aromatic nitrogens is 1. The van der Waals surface area contributed by atoms with Crippen LogP contribution in [-0.4, -0.2) is 11.5 Å². The molecule has 1 aromatic carbocycles. The predicted octanol–water partition coefficient (Wildman–Crippen LogP) is 4.36. The van der Waals surface area contributed by atoms with E-state index in [0.717, 1.165) is 39.8 Å². The summed E-state index contributed by atoms with van der Waals surface area (Å²) in [6.07, 6.45) is 1.79. The molecule has 20 heavy (non-hydrogen) atoms. The molecule has 2 rings (SSSR count). The summed E-state index contributed by atoms with van der Waals surface area (Å²) in [4.78, 5) is 4.25. The summed E-state index contributed by atoms with van der Waals surface area (Å²) in [6.45, 7) is 7.43. The van der Waals surface area contributed by atoms with Gasteiger partial charge in [0.2, 0.25) is 0 Å². The highest BCUT2D eigenvalue weighted by atomic mass is 35.5. The first-order valence-electron chi connectivity index (χ1n) is 6.68. The predicted molar refractivity (Wildman–Crippen MR) is 83.7 cm³/mol. The Morgan fingerprint density at radius 1 is 1.20 bits per heavy atom. The Hall–Kier alpha value is -1.74. The molecule has 1 N–H and O–H groups in total. The van der Waals surface area contributed by atoms with Crippen molar-refractivity contribution in [1.29, 1.82) is 0 Å². The fraction of sp³-hybridized carbons (Fsp3) is 0.312. The first kappa shape index (κ1) is 14.7. The van der Waals surface area contributed by atoms with Gasteiger partial charge in [0.25, 0.3) is 0 Å². The maximum atomic E-state index is 6.02. The SMILES string of the molecule is CCNc1cc(COc2c(C)cc(Cl)cc2C)ccn1. The highest BCUT2D eigenvalue weighted by molar-refractivity contribution is 6.30. The first-order chi connectivity index (χ1) is 9.60. The Bertz CT molecular complexity index is 576. The number of benzene rings is 1. The third kappa shape index (κ3) is 3.64. The molecule has 0 aliphatic carbocycles. The molecule has 0 bridgehead atoms. The summed E-state index contributed by atoms with van der Waals surface area (Å²) >= 11 is 6.02. The van der Waals surface area contributed by atoms with E-state index < -0.39 is 0 Å². The smallest absolute Gasteiger partial charge is 0.126 e. The number of pyridine rings is 1. The van der Waals surface area contributed by atoms with Crippen LogP contribution in [-0.2, 0) is 6.61 Å². The zero-order valence-corrected chi connectivity index (χ0v) is 12.8. The van der Waals surface area contributed by atoms with E-state index in [1.165, 1.54) is 0 Å². The van der Waals surface area contributed by atoms with E-state index in [9.17, 15) is 0 Å². The van der Waals surface area contributed by atoms with Gasteiger partial charge in [0, 0.05) is 17.8 Å². The molecule has 3 nitrogen and oxygen atoms in total. The topological polar surface area (TPSA) is 34.1 Å². The molecule has 106 valence electrons. The van der Waals surface area contributed by atoms with E-state index in [0.29, 0.717) is 6.61 Å². The van der Waals surface area contributed by atoms with Gasteiger partial charge in [-0.15, -0.1) is 0 Å². The Morgan fingerprint density at radius 2 is 1.90 bits per heavy atom. The molecule has 0 atom stereocenters. The standard InChI is InChI=1S/C16H19ClN2O/c1-4-18-15-9-13(5-6-19-15)10-20-16-11(2)7-14(17)8-12(16)3/h5-9H,4,10H2,1-3H3,(H,18,19). The molecule has 0 unspecified atom stereocenters. The van der Waals surface area contributed by atoms with Gasteiger partial charge in [0.1, 0.15) is 18.2 Å². The van der Waals surface area contributed by atoms with Gasteiger partial charge in [0.15, 0.2) is 0 Å². The number of hydrogen-bond donors (Lipinski definition) is 1. The number of hydrogen-bond acceptors (Lipinski definition) is 3. The van der Waals surface area contributed by atoms with E-state index in [4.69, 9.17) is 16.3 Å². The highest BCUT2D eigenvalue weighted by Crippen LogP contribution is 2.27. The van der Waals surface area contributed by atoms with Crippen molar-refractivity contribution in [3.05, 3.63) is 52.2 Å². The van der Waals surface area contributed by atoms with Crippen LogP contribution in [0.2, 0.25) is 5.02 Å². The van der Waals surface area contributed by atoms with Gasteiger partial charge in [-0.1, -0.05) is 11.6 Å². The average molecular weight is 291 g/mol. The Kier molecular flexibility index (Phi) is 4.85. The largest absolute Gasteiger partial charge is 0.488 e. The van der Waals surface area contributed by atoms with E-state index in [1.54, 1.807) is 6.20 Å². The summed E-state index contributed by atoms with van der Waals surface area (Å²) in [5.41, 5.74) is 3.19. The van der Waals surface area contributed by atoms with E-state index in [2.05, 4.69) is 10.3 Å². The van der Waals surface area contributed by atoms with Crippen LogP contribution in [0.15, 0.2) is 30.5 Å². The Balaban J connectivity index is 2.11. The second-order valence-electron chi connectivity index (χ2n) is 4.74. The molecular formula is C16H19ClN2O. The fourth-order valence-electron chi connectivity index (χ4n) is 2.12. The van der Waals surface area contributed by atoms with Gasteiger partial charge in [-0.05, 0) is 61.7 Å². The lowest BCUT2D eigenvalue weighted by molar-refractivity contribution is 0.302. The van der Waals surface area contributed by atoms with Gasteiger partial charge in [-0.25, -0.2) is 4.98 Å². The van der Waals surface area contributed by atoms with Crippen LogP contribution >= 0.6 is 11.6 Å². The van der Waals surface area contributed by atoms with E-state index in [1.807, 2.05) is 45.0 Å². The average Bonchev–Trinajstić information content (AvgIpc) is 2.38. The van der Waals surface area contributed by atoms with Crippen molar-refractivity contribution in [2.24, 2.45) is 0 Å². The molecule has 0 saturated heterocycles. The van der Waals surface area contributed by atoms with Crippen molar-refractivity contribution in [1.82, 2.24) is 4.98 Å². The van der Waals surface area contributed by atoms with Crippen molar-refractivity contribution in [2.45, 2.75) is 27.4 Å². The van der Waals surface area contributed by atoms with Crippen molar-refractivity contribution in [3.63, 3.8) is 0 Å². The number of anilines is 1. The van der Waals surface area contributed by atoms with Gasteiger partial charge in [-0.3, -0.25) is 0 Å². The van der Waals surface area contributed by atoms with E-state index in [-0.39, 0.29) is 0 Å². The van der Waals surface area contributed by atoms with Crippen LogP contribution in [0.25, 0.3) is 0 Å². The van der Waals surface area contributed by atoms with Crippen LogP contribution in [0.3, 0.4) is 0 Å². The Labute approximate surface area is 124 Å². The number of rotatable bonds is 5. The molecular weight excluding hydrogens is 272 g/mol. The monoisotopic (exact) mass is 290 g/mol. The second kappa shape index (κ2) is 6.62. The summed E-state index contributed by atoms with van der Waals surface area (Å²) < 4.78 is 5.93. The number of ether oxygens (including phenoxy) is 1. The minimum absolute atomic E-state index is 0.518. The quantitative estimate of drug-likeness (QED) is 0.888. The van der Waals surface area contributed by atoms with E-state index >= 15 is 0 Å². The maximum Gasteiger partial charge on any atom is 0.126 e. The summed E-state index contributed by atoms with van der Waals surface area (Å²) in [5, 5.41) is 3.93. The number of nitrogens with zero attached hydrogens (tertiary/aromatic N) is 1. The minimum Gasteiger partial charge on any atom is -0.488 e. The van der Waals surface area contributed by atoms with Gasteiger partial charge in [-0.2, -0.15) is 0 Å². The van der Waals surface area contributed by atoms with Gasteiger partial charge in [0.05, 0.1) is 0 Å². The van der Waals surface area contributed by atoms with Crippen LogP contribution in [0.1, 0.15) is 23.6 Å². The third-order valence-corrected chi connectivity index (χ3v) is 3.21. The summed E-state index contributed by atoms with van der Waals surface area (Å²) in [5.74, 6) is 1.77. The number of aryl methyl sites for hydroxylation is 2. The molecule has 0 amide bonds. The second-order valence-corrected chi connectivity index (χ2v) is 5.17. The molecule has 0 aliphatic heterocycles. The molecule has 2 aromatic rings. The van der Waals surface area contributed by atoms with Crippen molar-refractivity contribution >= 4 is 17.4 Å². The van der Waals surface area contributed by atoms with Crippen LogP contribution < -0.4 is 10.1 Å².